The van der Waals surface area contributed by atoms with Crippen molar-refractivity contribution in [2.45, 2.75) is 31.2 Å². The number of carbonyl (C=O) groups is 1. The number of ether oxygens (including phenoxy) is 1. The SMILES string of the molecule is COCCCCNC1(C(=O)O)CCSCC1. The maximum absolute atomic E-state index is 11.3. The molecule has 0 unspecified atom stereocenters. The monoisotopic (exact) mass is 247 g/mol. The summed E-state index contributed by atoms with van der Waals surface area (Å²) in [6, 6.07) is 0. The average Bonchev–Trinajstić information content (AvgIpc) is 2.30. The molecule has 1 fully saturated rings. The lowest BCUT2D eigenvalue weighted by Gasteiger charge is -2.33. The van der Waals surface area contributed by atoms with E-state index in [0.717, 1.165) is 50.3 Å². The Morgan fingerprint density at radius 3 is 2.69 bits per heavy atom. The van der Waals surface area contributed by atoms with Crippen LogP contribution in [-0.4, -0.2) is 48.4 Å². The van der Waals surface area contributed by atoms with Crippen LogP contribution >= 0.6 is 11.8 Å². The third-order valence-corrected chi connectivity index (χ3v) is 3.98. The molecule has 0 bridgehead atoms. The van der Waals surface area contributed by atoms with E-state index in [9.17, 15) is 9.90 Å². The van der Waals surface area contributed by atoms with Crippen LogP contribution in [0.25, 0.3) is 0 Å². The minimum Gasteiger partial charge on any atom is -0.480 e. The van der Waals surface area contributed by atoms with Gasteiger partial charge >= 0.3 is 5.97 Å². The highest BCUT2D eigenvalue weighted by Gasteiger charge is 2.38. The first-order chi connectivity index (χ1) is 7.71. The molecule has 16 heavy (non-hydrogen) atoms. The molecule has 0 atom stereocenters. The summed E-state index contributed by atoms with van der Waals surface area (Å²) >= 11 is 1.84. The molecule has 0 spiro atoms. The van der Waals surface area contributed by atoms with Crippen LogP contribution in [0.5, 0.6) is 0 Å². The number of hydrogen-bond acceptors (Lipinski definition) is 4. The summed E-state index contributed by atoms with van der Waals surface area (Å²) in [6.45, 7) is 1.51. The van der Waals surface area contributed by atoms with Crippen molar-refractivity contribution in [2.75, 3.05) is 31.8 Å². The summed E-state index contributed by atoms with van der Waals surface area (Å²) < 4.78 is 4.96. The van der Waals surface area contributed by atoms with Gasteiger partial charge in [-0.25, -0.2) is 0 Å². The van der Waals surface area contributed by atoms with Crippen molar-refractivity contribution in [3.63, 3.8) is 0 Å². The van der Waals surface area contributed by atoms with Crippen LogP contribution in [0.1, 0.15) is 25.7 Å². The summed E-state index contributed by atoms with van der Waals surface area (Å²) in [5.74, 6) is 1.19. The normalized spacial score (nSPS) is 19.6. The predicted octanol–water partition coefficient (Wildman–Crippen LogP) is 1.35. The summed E-state index contributed by atoms with van der Waals surface area (Å²) in [5.41, 5.74) is -0.668. The Morgan fingerprint density at radius 1 is 1.44 bits per heavy atom. The highest BCUT2D eigenvalue weighted by molar-refractivity contribution is 7.99. The van der Waals surface area contributed by atoms with Crippen LogP contribution in [0.2, 0.25) is 0 Å². The van der Waals surface area contributed by atoms with Crippen LogP contribution in [0.15, 0.2) is 0 Å². The van der Waals surface area contributed by atoms with Gasteiger partial charge in [0.05, 0.1) is 0 Å². The largest absolute Gasteiger partial charge is 0.480 e. The molecule has 0 radical (unpaired) electrons. The van der Waals surface area contributed by atoms with Crippen molar-refractivity contribution in [2.24, 2.45) is 0 Å². The second-order valence-corrected chi connectivity index (χ2v) is 5.35. The molecule has 0 aromatic heterocycles. The topological polar surface area (TPSA) is 58.6 Å². The van der Waals surface area contributed by atoms with Gasteiger partial charge < -0.3 is 15.2 Å². The molecular formula is C11H21NO3S. The first kappa shape index (κ1) is 13.8. The van der Waals surface area contributed by atoms with E-state index in [2.05, 4.69) is 5.32 Å². The minimum absolute atomic E-state index is 0.668. The van der Waals surface area contributed by atoms with Gasteiger partial charge in [-0.2, -0.15) is 11.8 Å². The molecule has 2 N–H and O–H groups in total. The fourth-order valence-electron chi connectivity index (χ4n) is 1.89. The van der Waals surface area contributed by atoms with Crippen molar-refractivity contribution in [1.82, 2.24) is 5.32 Å². The summed E-state index contributed by atoms with van der Waals surface area (Å²) in [4.78, 5) is 11.3. The number of carboxylic acids is 1. The van der Waals surface area contributed by atoms with E-state index in [4.69, 9.17) is 4.74 Å². The van der Waals surface area contributed by atoms with Crippen LogP contribution in [0, 0.1) is 0 Å². The van der Waals surface area contributed by atoms with E-state index in [1.54, 1.807) is 7.11 Å². The summed E-state index contributed by atoms with van der Waals surface area (Å²) in [6.07, 6.45) is 3.42. The van der Waals surface area contributed by atoms with Crippen molar-refractivity contribution >= 4 is 17.7 Å². The second-order valence-electron chi connectivity index (χ2n) is 4.13. The Hall–Kier alpha value is -0.260. The molecule has 0 aromatic carbocycles. The number of hydrogen-bond donors (Lipinski definition) is 2. The first-order valence-electron chi connectivity index (χ1n) is 5.76. The Kier molecular flexibility index (Phi) is 6.16. The number of methoxy groups -OCH3 is 1. The van der Waals surface area contributed by atoms with Gasteiger partial charge in [-0.3, -0.25) is 4.79 Å². The van der Waals surface area contributed by atoms with Crippen molar-refractivity contribution in [1.29, 1.82) is 0 Å². The molecule has 5 heteroatoms. The quantitative estimate of drug-likeness (QED) is 0.665. The van der Waals surface area contributed by atoms with E-state index >= 15 is 0 Å². The number of rotatable bonds is 7. The Labute approximate surface area is 101 Å². The van der Waals surface area contributed by atoms with E-state index in [1.165, 1.54) is 0 Å². The van der Waals surface area contributed by atoms with Crippen molar-refractivity contribution < 1.29 is 14.6 Å². The van der Waals surface area contributed by atoms with E-state index in [-0.39, 0.29) is 0 Å². The lowest BCUT2D eigenvalue weighted by Crippen LogP contribution is -2.54. The number of aliphatic carboxylic acids is 1. The molecule has 0 aromatic rings. The number of thioether (sulfide) groups is 1. The predicted molar refractivity (Wildman–Crippen MR) is 66.0 cm³/mol. The maximum Gasteiger partial charge on any atom is 0.323 e. The second kappa shape index (κ2) is 7.14. The molecule has 1 saturated heterocycles. The number of unbranched alkanes of at least 4 members (excludes halogenated alkanes) is 1. The highest BCUT2D eigenvalue weighted by atomic mass is 32.2. The first-order valence-corrected chi connectivity index (χ1v) is 6.92. The number of carboxylic acid groups (broad SMARTS) is 1. The van der Waals surface area contributed by atoms with E-state index in [1.807, 2.05) is 11.8 Å². The van der Waals surface area contributed by atoms with Crippen LogP contribution in [-0.2, 0) is 9.53 Å². The molecule has 0 amide bonds. The Balaban J connectivity index is 2.30. The van der Waals surface area contributed by atoms with Gasteiger partial charge in [0, 0.05) is 13.7 Å². The average molecular weight is 247 g/mol. The van der Waals surface area contributed by atoms with Crippen LogP contribution in [0.3, 0.4) is 0 Å². The lowest BCUT2D eigenvalue weighted by molar-refractivity contribution is -0.145. The van der Waals surface area contributed by atoms with Crippen molar-refractivity contribution in [3.05, 3.63) is 0 Å². The Morgan fingerprint density at radius 2 is 2.12 bits per heavy atom. The molecule has 0 aliphatic carbocycles. The zero-order chi connectivity index (χ0) is 11.9. The molecule has 1 aliphatic rings. The third-order valence-electron chi connectivity index (χ3n) is 2.99. The van der Waals surface area contributed by atoms with Gasteiger partial charge in [0.1, 0.15) is 5.54 Å². The fraction of sp³-hybridized carbons (Fsp3) is 0.909. The van der Waals surface area contributed by atoms with Gasteiger partial charge in [-0.15, -0.1) is 0 Å². The zero-order valence-electron chi connectivity index (χ0n) is 9.83. The van der Waals surface area contributed by atoms with Gasteiger partial charge in [-0.1, -0.05) is 0 Å². The highest BCUT2D eigenvalue weighted by Crippen LogP contribution is 2.27. The van der Waals surface area contributed by atoms with Gasteiger partial charge in [0.25, 0.3) is 0 Å². The van der Waals surface area contributed by atoms with E-state index in [0.29, 0.717) is 0 Å². The third kappa shape index (κ3) is 3.96. The van der Waals surface area contributed by atoms with Gasteiger partial charge in [-0.05, 0) is 43.7 Å². The summed E-state index contributed by atoms with van der Waals surface area (Å²) in [7, 11) is 1.69. The molecule has 1 heterocycles. The fourth-order valence-corrected chi connectivity index (χ4v) is 3.07. The molecule has 94 valence electrons. The van der Waals surface area contributed by atoms with Gasteiger partial charge in [0.15, 0.2) is 0 Å². The molecule has 4 nitrogen and oxygen atoms in total. The lowest BCUT2D eigenvalue weighted by atomic mass is 9.92. The van der Waals surface area contributed by atoms with Crippen molar-refractivity contribution in [3.8, 4) is 0 Å². The Bertz CT molecular complexity index is 217. The number of nitrogens with one attached hydrogen (secondary N) is 1. The van der Waals surface area contributed by atoms with Gasteiger partial charge in [0.2, 0.25) is 0 Å². The minimum atomic E-state index is -0.695. The smallest absolute Gasteiger partial charge is 0.323 e. The van der Waals surface area contributed by atoms with E-state index < -0.39 is 11.5 Å². The summed E-state index contributed by atoms with van der Waals surface area (Å²) in [5, 5.41) is 12.5. The maximum atomic E-state index is 11.3. The van der Waals surface area contributed by atoms with Crippen LogP contribution < -0.4 is 5.32 Å². The molecular weight excluding hydrogens is 226 g/mol. The standard InChI is InChI=1S/C11H21NO3S/c1-15-7-3-2-6-12-11(10(13)14)4-8-16-9-5-11/h12H,2-9H2,1H3,(H,13,14). The molecule has 1 aliphatic heterocycles. The molecule has 1 rings (SSSR count). The molecule has 0 saturated carbocycles. The zero-order valence-corrected chi connectivity index (χ0v) is 10.6. The van der Waals surface area contributed by atoms with Crippen LogP contribution in [0.4, 0.5) is 0 Å².